The minimum absolute atomic E-state index is 0.121. The van der Waals surface area contributed by atoms with Gasteiger partial charge in [-0.25, -0.2) is 8.42 Å². The highest BCUT2D eigenvalue weighted by atomic mass is 32.2. The van der Waals surface area contributed by atoms with Crippen LogP contribution < -0.4 is 19.7 Å². The van der Waals surface area contributed by atoms with Crippen LogP contribution in [-0.4, -0.2) is 57.4 Å². The minimum atomic E-state index is -3.70. The Balaban J connectivity index is 1.18. The molecule has 0 saturated carbocycles. The number of amides is 2. The molecule has 3 aliphatic rings. The molecule has 3 aliphatic heterocycles. The van der Waals surface area contributed by atoms with Crippen LogP contribution in [0.5, 0.6) is 11.5 Å². The molecule has 0 aliphatic carbocycles. The molecule has 2 aromatic rings. The van der Waals surface area contributed by atoms with Crippen molar-refractivity contribution in [2.75, 3.05) is 43.1 Å². The van der Waals surface area contributed by atoms with Crippen molar-refractivity contribution in [2.24, 2.45) is 5.92 Å². The summed E-state index contributed by atoms with van der Waals surface area (Å²) in [5.41, 5.74) is 1.49. The molecule has 0 radical (unpaired) electrons. The van der Waals surface area contributed by atoms with Crippen LogP contribution in [0.15, 0.2) is 47.4 Å². The van der Waals surface area contributed by atoms with Gasteiger partial charge in [-0.1, -0.05) is 0 Å². The highest BCUT2D eigenvalue weighted by molar-refractivity contribution is 7.89. The highest BCUT2D eigenvalue weighted by Crippen LogP contribution is 2.34. The van der Waals surface area contributed by atoms with Gasteiger partial charge < -0.3 is 19.7 Å². The topological polar surface area (TPSA) is 105 Å². The Kier molecular flexibility index (Phi) is 6.66. The van der Waals surface area contributed by atoms with Crippen molar-refractivity contribution in [1.29, 1.82) is 0 Å². The maximum absolute atomic E-state index is 13.2. The fraction of sp³-hybridized carbons (Fsp3) is 0.440. The monoisotopic (exact) mass is 499 g/mol. The third kappa shape index (κ3) is 4.99. The second-order valence-corrected chi connectivity index (χ2v) is 11.0. The molecule has 0 bridgehead atoms. The summed E-state index contributed by atoms with van der Waals surface area (Å²) in [6, 6.07) is 12.0. The first-order valence-corrected chi connectivity index (χ1v) is 13.5. The van der Waals surface area contributed by atoms with Gasteiger partial charge in [0.05, 0.1) is 18.1 Å². The predicted molar refractivity (Wildman–Crippen MR) is 130 cm³/mol. The molecule has 0 aromatic heterocycles. The van der Waals surface area contributed by atoms with Crippen LogP contribution in [0.25, 0.3) is 0 Å². The van der Waals surface area contributed by atoms with E-state index in [1.807, 2.05) is 12.1 Å². The van der Waals surface area contributed by atoms with E-state index in [1.165, 1.54) is 10.4 Å². The summed E-state index contributed by atoms with van der Waals surface area (Å²) in [4.78, 5) is 26.6. The van der Waals surface area contributed by atoms with Gasteiger partial charge in [0.25, 0.3) is 0 Å². The molecule has 9 nitrogen and oxygen atoms in total. The van der Waals surface area contributed by atoms with E-state index >= 15 is 0 Å². The Hall–Kier alpha value is -3.11. The number of carbonyl (C=O) groups is 2. The Morgan fingerprint density at radius 2 is 1.63 bits per heavy atom. The Bertz CT molecular complexity index is 1210. The molecule has 2 aromatic carbocycles. The van der Waals surface area contributed by atoms with E-state index < -0.39 is 10.0 Å². The Morgan fingerprint density at radius 1 is 0.914 bits per heavy atom. The molecule has 2 saturated heterocycles. The molecular formula is C25H29N3O6S. The lowest BCUT2D eigenvalue weighted by atomic mass is 9.97. The smallest absolute Gasteiger partial charge is 0.243 e. The van der Waals surface area contributed by atoms with Crippen LogP contribution in [-0.2, 0) is 19.6 Å². The summed E-state index contributed by atoms with van der Waals surface area (Å²) in [6.07, 6.45) is 3.06. The maximum atomic E-state index is 13.2. The summed E-state index contributed by atoms with van der Waals surface area (Å²) < 4.78 is 39.0. The molecule has 35 heavy (non-hydrogen) atoms. The first-order chi connectivity index (χ1) is 16.9. The van der Waals surface area contributed by atoms with E-state index in [4.69, 9.17) is 9.47 Å². The Labute approximate surface area is 205 Å². The molecule has 2 fully saturated rings. The van der Waals surface area contributed by atoms with Crippen LogP contribution >= 0.6 is 0 Å². The third-order valence-corrected chi connectivity index (χ3v) is 8.60. The summed E-state index contributed by atoms with van der Waals surface area (Å²) in [5, 5.41) is 2.93. The van der Waals surface area contributed by atoms with Crippen LogP contribution in [0.1, 0.15) is 32.1 Å². The number of benzene rings is 2. The van der Waals surface area contributed by atoms with Gasteiger partial charge in [0.1, 0.15) is 0 Å². The zero-order valence-corrected chi connectivity index (χ0v) is 20.3. The van der Waals surface area contributed by atoms with Crippen LogP contribution in [0.4, 0.5) is 11.4 Å². The normalized spacial score (nSPS) is 19.4. The standard InChI is InChI=1S/C25H29N3O6S/c29-24-3-1-12-28(24)20-6-4-19(5-7-20)26-25(30)18-10-13-27(14-11-18)35(31,32)21-8-9-22-23(17-21)34-16-2-15-33-22/h4-9,17-18H,1-3,10-16H2,(H,26,30). The molecule has 0 spiro atoms. The van der Waals surface area contributed by atoms with Crippen LogP contribution in [0.2, 0.25) is 0 Å². The molecular weight excluding hydrogens is 470 g/mol. The van der Waals surface area contributed by atoms with Gasteiger partial charge in [0.2, 0.25) is 21.8 Å². The zero-order chi connectivity index (χ0) is 24.4. The first kappa shape index (κ1) is 23.6. The largest absolute Gasteiger partial charge is 0.490 e. The number of carbonyl (C=O) groups excluding carboxylic acids is 2. The number of nitrogens with one attached hydrogen (secondary N) is 1. The average molecular weight is 500 g/mol. The van der Waals surface area contributed by atoms with E-state index in [2.05, 4.69) is 5.32 Å². The summed E-state index contributed by atoms with van der Waals surface area (Å²) >= 11 is 0. The van der Waals surface area contributed by atoms with Crippen molar-refractivity contribution in [1.82, 2.24) is 4.31 Å². The lowest BCUT2D eigenvalue weighted by Crippen LogP contribution is -2.41. The SMILES string of the molecule is O=C(Nc1ccc(N2CCCC2=O)cc1)C1CCN(S(=O)(=O)c2ccc3c(c2)OCCCO3)CC1. The molecule has 2 amide bonds. The number of piperidine rings is 1. The van der Waals surface area contributed by atoms with Crippen molar-refractivity contribution in [2.45, 2.75) is 37.0 Å². The second-order valence-electron chi connectivity index (χ2n) is 9.02. The van der Waals surface area contributed by atoms with Crippen LogP contribution in [0, 0.1) is 5.92 Å². The molecule has 186 valence electrons. The molecule has 3 heterocycles. The number of fused-ring (bicyclic) bond motifs is 1. The van der Waals surface area contributed by atoms with E-state index in [0.717, 1.165) is 25.1 Å². The summed E-state index contributed by atoms with van der Waals surface area (Å²) in [6.45, 7) is 2.28. The van der Waals surface area contributed by atoms with Crippen molar-refractivity contribution >= 4 is 33.2 Å². The number of hydrogen-bond acceptors (Lipinski definition) is 6. The number of nitrogens with zero attached hydrogens (tertiary/aromatic N) is 2. The number of sulfonamides is 1. The van der Waals surface area contributed by atoms with E-state index in [9.17, 15) is 18.0 Å². The minimum Gasteiger partial charge on any atom is -0.490 e. The maximum Gasteiger partial charge on any atom is 0.243 e. The second kappa shape index (κ2) is 9.87. The number of anilines is 2. The molecule has 0 atom stereocenters. The van der Waals surface area contributed by atoms with Crippen molar-refractivity contribution in [3.63, 3.8) is 0 Å². The van der Waals surface area contributed by atoms with E-state index in [-0.39, 0.29) is 35.7 Å². The lowest BCUT2D eigenvalue weighted by molar-refractivity contribution is -0.121. The fourth-order valence-corrected chi connectivity index (χ4v) is 6.19. The molecule has 1 N–H and O–H groups in total. The van der Waals surface area contributed by atoms with Gasteiger partial charge in [-0.2, -0.15) is 4.31 Å². The fourth-order valence-electron chi connectivity index (χ4n) is 4.70. The van der Waals surface area contributed by atoms with Crippen molar-refractivity contribution in [3.05, 3.63) is 42.5 Å². The van der Waals surface area contributed by atoms with Gasteiger partial charge >= 0.3 is 0 Å². The van der Waals surface area contributed by atoms with Gasteiger partial charge in [-0.15, -0.1) is 0 Å². The highest BCUT2D eigenvalue weighted by Gasteiger charge is 2.33. The zero-order valence-electron chi connectivity index (χ0n) is 19.4. The average Bonchev–Trinajstić information content (AvgIpc) is 3.16. The number of rotatable bonds is 5. The lowest BCUT2D eigenvalue weighted by Gasteiger charge is -2.30. The van der Waals surface area contributed by atoms with Crippen LogP contribution in [0.3, 0.4) is 0 Å². The van der Waals surface area contributed by atoms with E-state index in [1.54, 1.807) is 29.2 Å². The number of ether oxygens (including phenoxy) is 2. The van der Waals surface area contributed by atoms with Gasteiger partial charge in [0.15, 0.2) is 11.5 Å². The van der Waals surface area contributed by atoms with E-state index in [0.29, 0.717) is 49.7 Å². The van der Waals surface area contributed by atoms with Crippen molar-refractivity contribution < 1.29 is 27.5 Å². The molecule has 5 rings (SSSR count). The van der Waals surface area contributed by atoms with Gasteiger partial charge in [-0.3, -0.25) is 9.59 Å². The quantitative estimate of drug-likeness (QED) is 0.678. The number of hydrogen-bond donors (Lipinski definition) is 1. The first-order valence-electron chi connectivity index (χ1n) is 12.0. The third-order valence-electron chi connectivity index (χ3n) is 6.70. The predicted octanol–water partition coefficient (Wildman–Crippen LogP) is 3.01. The van der Waals surface area contributed by atoms with Crippen molar-refractivity contribution in [3.8, 4) is 11.5 Å². The summed E-state index contributed by atoms with van der Waals surface area (Å²) in [5.74, 6) is 0.720. The Morgan fingerprint density at radius 3 is 2.31 bits per heavy atom. The van der Waals surface area contributed by atoms with Gasteiger partial charge in [-0.05, 0) is 55.7 Å². The summed E-state index contributed by atoms with van der Waals surface area (Å²) in [7, 11) is -3.70. The van der Waals surface area contributed by atoms with Gasteiger partial charge in [0, 0.05) is 55.8 Å². The molecule has 10 heteroatoms. The molecule has 0 unspecified atom stereocenters.